The molecule has 0 aromatic heterocycles. The highest BCUT2D eigenvalue weighted by Crippen LogP contribution is 2.24. The fourth-order valence-electron chi connectivity index (χ4n) is 0.951. The van der Waals surface area contributed by atoms with E-state index in [9.17, 15) is 4.79 Å². The van der Waals surface area contributed by atoms with Gasteiger partial charge in [-0.15, -0.1) is 0 Å². The van der Waals surface area contributed by atoms with E-state index in [0.717, 1.165) is 9.13 Å². The van der Waals surface area contributed by atoms with Crippen LogP contribution in [-0.2, 0) is 0 Å². The van der Waals surface area contributed by atoms with Crippen LogP contribution in [0.25, 0.3) is 0 Å². The van der Waals surface area contributed by atoms with Crippen molar-refractivity contribution in [2.75, 3.05) is 0 Å². The molecule has 0 aliphatic heterocycles. The van der Waals surface area contributed by atoms with Crippen LogP contribution in [0.2, 0.25) is 5.02 Å². The molecule has 0 atom stereocenters. The van der Waals surface area contributed by atoms with Gasteiger partial charge in [0.15, 0.2) is 0 Å². The number of hydrogen-bond donors (Lipinski definition) is 0. The predicted octanol–water partition coefficient (Wildman–Crippen LogP) is 3.63. The Morgan fingerprint density at radius 2 is 2.08 bits per heavy atom. The zero-order chi connectivity index (χ0) is 9.30. The molecule has 0 N–H and O–H groups in total. The molecule has 0 fully saturated rings. The van der Waals surface area contributed by atoms with Crippen molar-refractivity contribution in [3.8, 4) is 0 Å². The van der Waals surface area contributed by atoms with Gasteiger partial charge in [-0.25, -0.2) is 0 Å². The number of carbonyl (C=O) groups excluding carboxylic acids is 1. The maximum atomic E-state index is 10.9. The molecule has 0 aliphatic carbocycles. The first-order chi connectivity index (χ1) is 5.52. The smallest absolute Gasteiger partial charge is 0.254 e. The fourth-order valence-corrected chi connectivity index (χ4v) is 2.57. The van der Waals surface area contributed by atoms with Gasteiger partial charge in [0, 0.05) is 3.57 Å². The van der Waals surface area contributed by atoms with Crippen LogP contribution in [0.15, 0.2) is 12.1 Å². The molecular weight excluding hydrogens is 310 g/mol. The third-order valence-electron chi connectivity index (χ3n) is 1.45. The van der Waals surface area contributed by atoms with Crippen LogP contribution in [-0.4, -0.2) is 5.24 Å². The predicted molar refractivity (Wildman–Crippen MR) is 59.1 cm³/mol. The second-order valence-corrected chi connectivity index (χ2v) is 4.35. The van der Waals surface area contributed by atoms with E-state index in [0.29, 0.717) is 10.6 Å². The van der Waals surface area contributed by atoms with Crippen molar-refractivity contribution in [1.29, 1.82) is 0 Å². The van der Waals surface area contributed by atoms with Crippen LogP contribution in [0.5, 0.6) is 0 Å². The average molecular weight is 315 g/mol. The molecule has 4 heteroatoms. The zero-order valence-corrected chi connectivity index (χ0v) is 9.87. The standard InChI is InChI=1S/C8H5Cl2IO/c1-4-2-5(11)3-6(9)7(4)8(10)12/h2-3H,1H3. The molecule has 0 heterocycles. The van der Waals surface area contributed by atoms with Gasteiger partial charge in [-0.1, -0.05) is 11.6 Å². The second kappa shape index (κ2) is 3.94. The molecule has 1 aromatic rings. The van der Waals surface area contributed by atoms with Gasteiger partial charge in [-0.05, 0) is 58.8 Å². The highest BCUT2D eigenvalue weighted by molar-refractivity contribution is 14.1. The molecule has 0 saturated heterocycles. The average Bonchev–Trinajstić information content (AvgIpc) is 1.82. The number of hydrogen-bond acceptors (Lipinski definition) is 1. The lowest BCUT2D eigenvalue weighted by Crippen LogP contribution is -1.95. The van der Waals surface area contributed by atoms with E-state index in [1.165, 1.54) is 0 Å². The summed E-state index contributed by atoms with van der Waals surface area (Å²) in [5, 5.41) is -0.0895. The number of carbonyl (C=O) groups is 1. The topological polar surface area (TPSA) is 17.1 Å². The molecule has 0 unspecified atom stereocenters. The summed E-state index contributed by atoms with van der Waals surface area (Å²) in [7, 11) is 0. The van der Waals surface area contributed by atoms with Crippen LogP contribution < -0.4 is 0 Å². The molecule has 0 bridgehead atoms. The summed E-state index contributed by atoms with van der Waals surface area (Å²) < 4.78 is 0.997. The first kappa shape index (κ1) is 10.3. The van der Waals surface area contributed by atoms with Crippen LogP contribution >= 0.6 is 45.8 Å². The van der Waals surface area contributed by atoms with Gasteiger partial charge in [0.1, 0.15) is 0 Å². The van der Waals surface area contributed by atoms with Crippen LogP contribution in [0, 0.1) is 10.5 Å². The van der Waals surface area contributed by atoms with Crippen molar-refractivity contribution >= 4 is 51.0 Å². The van der Waals surface area contributed by atoms with Crippen LogP contribution in [0.4, 0.5) is 0 Å². The van der Waals surface area contributed by atoms with Gasteiger partial charge >= 0.3 is 0 Å². The Morgan fingerprint density at radius 1 is 1.50 bits per heavy atom. The molecule has 1 nitrogen and oxygen atoms in total. The molecule has 1 rings (SSSR count). The molecule has 0 amide bonds. The van der Waals surface area contributed by atoms with E-state index in [2.05, 4.69) is 22.6 Å². The highest BCUT2D eigenvalue weighted by Gasteiger charge is 2.11. The van der Waals surface area contributed by atoms with Gasteiger partial charge < -0.3 is 0 Å². The summed E-state index contributed by atoms with van der Waals surface area (Å²) in [6.45, 7) is 1.81. The monoisotopic (exact) mass is 314 g/mol. The van der Waals surface area contributed by atoms with Gasteiger partial charge in [-0.3, -0.25) is 4.79 Å². The number of benzene rings is 1. The van der Waals surface area contributed by atoms with Crippen molar-refractivity contribution < 1.29 is 4.79 Å². The molecular formula is C8H5Cl2IO. The lowest BCUT2D eigenvalue weighted by Gasteiger charge is -2.03. The van der Waals surface area contributed by atoms with Crippen LogP contribution in [0.1, 0.15) is 15.9 Å². The van der Waals surface area contributed by atoms with E-state index in [-0.39, 0.29) is 0 Å². The minimum absolute atomic E-state index is 0.402. The Morgan fingerprint density at radius 3 is 2.50 bits per heavy atom. The van der Waals surface area contributed by atoms with E-state index in [1.807, 2.05) is 13.0 Å². The highest BCUT2D eigenvalue weighted by atomic mass is 127. The lowest BCUT2D eigenvalue weighted by molar-refractivity contribution is 0.108. The minimum atomic E-state index is -0.506. The van der Waals surface area contributed by atoms with Crippen molar-refractivity contribution in [2.24, 2.45) is 0 Å². The van der Waals surface area contributed by atoms with E-state index in [4.69, 9.17) is 23.2 Å². The Balaban J connectivity index is 3.38. The van der Waals surface area contributed by atoms with E-state index in [1.54, 1.807) is 6.07 Å². The number of rotatable bonds is 1. The fraction of sp³-hybridized carbons (Fsp3) is 0.125. The molecule has 0 radical (unpaired) electrons. The quantitative estimate of drug-likeness (QED) is 0.571. The second-order valence-electron chi connectivity index (χ2n) is 2.35. The summed E-state index contributed by atoms with van der Waals surface area (Å²) in [6.07, 6.45) is 0. The lowest BCUT2D eigenvalue weighted by atomic mass is 10.1. The maximum absolute atomic E-state index is 10.9. The third kappa shape index (κ3) is 2.12. The largest absolute Gasteiger partial charge is 0.276 e. The van der Waals surface area contributed by atoms with Gasteiger partial charge in [0.2, 0.25) is 0 Å². The first-order valence-electron chi connectivity index (χ1n) is 3.18. The Hall–Kier alpha value is 0.200. The van der Waals surface area contributed by atoms with Gasteiger partial charge in [0.05, 0.1) is 10.6 Å². The Kier molecular flexibility index (Phi) is 3.37. The first-order valence-corrected chi connectivity index (χ1v) is 5.01. The summed E-state index contributed by atoms with van der Waals surface area (Å²) in [5.74, 6) is 0. The molecule has 64 valence electrons. The summed E-state index contributed by atoms with van der Waals surface area (Å²) >= 11 is 13.3. The maximum Gasteiger partial charge on any atom is 0.254 e. The van der Waals surface area contributed by atoms with Gasteiger partial charge in [0.25, 0.3) is 5.24 Å². The molecule has 0 saturated carbocycles. The van der Waals surface area contributed by atoms with Crippen molar-refractivity contribution in [1.82, 2.24) is 0 Å². The van der Waals surface area contributed by atoms with E-state index >= 15 is 0 Å². The normalized spacial score (nSPS) is 10.0. The summed E-state index contributed by atoms with van der Waals surface area (Å²) in [6, 6.07) is 3.58. The third-order valence-corrected chi connectivity index (χ3v) is 2.56. The number of halogens is 3. The molecule has 12 heavy (non-hydrogen) atoms. The number of aryl methyl sites for hydroxylation is 1. The van der Waals surface area contributed by atoms with Gasteiger partial charge in [-0.2, -0.15) is 0 Å². The summed E-state index contributed by atoms with van der Waals surface area (Å²) in [5.41, 5.74) is 1.21. The Bertz CT molecular complexity index is 313. The van der Waals surface area contributed by atoms with Crippen molar-refractivity contribution in [3.63, 3.8) is 0 Å². The Labute approximate surface area is 94.2 Å². The van der Waals surface area contributed by atoms with Crippen LogP contribution in [0.3, 0.4) is 0 Å². The molecule has 1 aromatic carbocycles. The summed E-state index contributed by atoms with van der Waals surface area (Å²) in [4.78, 5) is 10.9. The van der Waals surface area contributed by atoms with Crippen molar-refractivity contribution in [3.05, 3.63) is 31.9 Å². The molecule has 0 aliphatic rings. The molecule has 0 spiro atoms. The SMILES string of the molecule is Cc1cc(I)cc(Cl)c1C(=O)Cl. The van der Waals surface area contributed by atoms with Crippen molar-refractivity contribution in [2.45, 2.75) is 6.92 Å². The van der Waals surface area contributed by atoms with E-state index < -0.39 is 5.24 Å². The zero-order valence-electron chi connectivity index (χ0n) is 6.20. The minimum Gasteiger partial charge on any atom is -0.276 e.